The first-order chi connectivity index (χ1) is 8.29. The van der Waals surface area contributed by atoms with Crippen LogP contribution in [0.25, 0.3) is 0 Å². The average molecular weight is 250 g/mol. The maximum atomic E-state index is 12.9. The van der Waals surface area contributed by atoms with E-state index in [1.54, 1.807) is 11.3 Å². The van der Waals surface area contributed by atoms with Crippen molar-refractivity contribution in [3.8, 4) is 0 Å². The zero-order valence-electron chi connectivity index (χ0n) is 9.69. The van der Waals surface area contributed by atoms with Crippen molar-refractivity contribution in [2.75, 3.05) is 6.54 Å². The van der Waals surface area contributed by atoms with Crippen LogP contribution >= 0.6 is 11.3 Å². The number of rotatable bonds is 5. The van der Waals surface area contributed by atoms with Crippen molar-refractivity contribution in [3.63, 3.8) is 0 Å². The molecule has 90 valence electrons. The monoisotopic (exact) mass is 250 g/mol. The SMILES string of the molecule is CCNC(Cc1nccs1)c1ccc(F)cc1. The molecule has 0 saturated carbocycles. The molecule has 1 heterocycles. The van der Waals surface area contributed by atoms with E-state index < -0.39 is 0 Å². The first-order valence-electron chi connectivity index (χ1n) is 5.67. The molecule has 0 radical (unpaired) electrons. The zero-order chi connectivity index (χ0) is 12.1. The second-order valence-electron chi connectivity index (χ2n) is 3.79. The van der Waals surface area contributed by atoms with Gasteiger partial charge in [0.2, 0.25) is 0 Å². The Morgan fingerprint density at radius 1 is 1.35 bits per heavy atom. The summed E-state index contributed by atoms with van der Waals surface area (Å²) >= 11 is 1.65. The Morgan fingerprint density at radius 2 is 2.12 bits per heavy atom. The fraction of sp³-hybridized carbons (Fsp3) is 0.308. The fourth-order valence-electron chi connectivity index (χ4n) is 1.78. The first kappa shape index (κ1) is 12.2. The van der Waals surface area contributed by atoms with E-state index in [-0.39, 0.29) is 11.9 Å². The maximum absolute atomic E-state index is 12.9. The molecule has 0 saturated heterocycles. The highest BCUT2D eigenvalue weighted by atomic mass is 32.1. The highest BCUT2D eigenvalue weighted by Gasteiger charge is 2.12. The summed E-state index contributed by atoms with van der Waals surface area (Å²) < 4.78 is 12.9. The van der Waals surface area contributed by atoms with Crippen molar-refractivity contribution in [1.29, 1.82) is 0 Å². The Hall–Kier alpha value is -1.26. The van der Waals surface area contributed by atoms with E-state index in [2.05, 4.69) is 17.2 Å². The fourth-order valence-corrected chi connectivity index (χ4v) is 2.44. The summed E-state index contributed by atoms with van der Waals surface area (Å²) in [5.74, 6) is -0.196. The molecule has 0 aliphatic rings. The van der Waals surface area contributed by atoms with Crippen molar-refractivity contribution in [2.24, 2.45) is 0 Å². The molecule has 0 aliphatic heterocycles. The molecule has 0 aliphatic carbocycles. The number of nitrogens with zero attached hydrogens (tertiary/aromatic N) is 1. The van der Waals surface area contributed by atoms with E-state index in [1.165, 1.54) is 12.1 Å². The van der Waals surface area contributed by atoms with Gasteiger partial charge in [0, 0.05) is 24.0 Å². The molecule has 1 unspecified atom stereocenters. The lowest BCUT2D eigenvalue weighted by atomic mass is 10.0. The van der Waals surface area contributed by atoms with Crippen LogP contribution in [0.4, 0.5) is 4.39 Å². The summed E-state index contributed by atoms with van der Waals surface area (Å²) in [6.07, 6.45) is 2.66. The van der Waals surface area contributed by atoms with Crippen LogP contribution < -0.4 is 5.32 Å². The lowest BCUT2D eigenvalue weighted by Crippen LogP contribution is -2.22. The number of halogens is 1. The second-order valence-corrected chi connectivity index (χ2v) is 4.77. The number of hydrogen-bond acceptors (Lipinski definition) is 3. The number of nitrogens with one attached hydrogen (secondary N) is 1. The van der Waals surface area contributed by atoms with Gasteiger partial charge in [-0.2, -0.15) is 0 Å². The number of thiazole rings is 1. The zero-order valence-corrected chi connectivity index (χ0v) is 10.5. The van der Waals surface area contributed by atoms with E-state index in [4.69, 9.17) is 0 Å². The highest BCUT2D eigenvalue weighted by molar-refractivity contribution is 7.09. The van der Waals surface area contributed by atoms with Crippen LogP contribution in [0.15, 0.2) is 35.8 Å². The summed E-state index contributed by atoms with van der Waals surface area (Å²) in [4.78, 5) is 4.29. The number of likely N-dealkylation sites (N-methyl/N-ethyl adjacent to an activating group) is 1. The van der Waals surface area contributed by atoms with E-state index in [0.717, 1.165) is 23.5 Å². The number of aromatic nitrogens is 1. The van der Waals surface area contributed by atoms with E-state index >= 15 is 0 Å². The number of hydrogen-bond donors (Lipinski definition) is 1. The molecule has 1 atom stereocenters. The van der Waals surface area contributed by atoms with Crippen LogP contribution in [-0.2, 0) is 6.42 Å². The molecule has 0 bridgehead atoms. The molecular weight excluding hydrogens is 235 g/mol. The third-order valence-corrected chi connectivity index (χ3v) is 3.39. The summed E-state index contributed by atoms with van der Waals surface area (Å²) in [5, 5.41) is 6.47. The van der Waals surface area contributed by atoms with Gasteiger partial charge in [0.25, 0.3) is 0 Å². The van der Waals surface area contributed by atoms with Crippen LogP contribution in [0, 0.1) is 5.82 Å². The van der Waals surface area contributed by atoms with Gasteiger partial charge in [-0.3, -0.25) is 0 Å². The Kier molecular flexibility index (Phi) is 4.23. The van der Waals surface area contributed by atoms with Crippen molar-refractivity contribution >= 4 is 11.3 Å². The molecule has 2 nitrogen and oxygen atoms in total. The molecule has 1 aromatic carbocycles. The normalized spacial score (nSPS) is 12.6. The van der Waals surface area contributed by atoms with Crippen LogP contribution in [0.5, 0.6) is 0 Å². The Bertz CT molecular complexity index is 439. The van der Waals surface area contributed by atoms with Crippen LogP contribution in [-0.4, -0.2) is 11.5 Å². The minimum Gasteiger partial charge on any atom is -0.310 e. The minimum absolute atomic E-state index is 0.196. The number of benzene rings is 1. The Morgan fingerprint density at radius 3 is 2.71 bits per heavy atom. The van der Waals surface area contributed by atoms with Gasteiger partial charge in [0.1, 0.15) is 5.82 Å². The molecule has 1 N–H and O–H groups in total. The predicted molar refractivity (Wildman–Crippen MR) is 68.6 cm³/mol. The summed E-state index contributed by atoms with van der Waals surface area (Å²) in [7, 11) is 0. The topological polar surface area (TPSA) is 24.9 Å². The molecule has 17 heavy (non-hydrogen) atoms. The van der Waals surface area contributed by atoms with Crippen LogP contribution in [0.2, 0.25) is 0 Å². The summed E-state index contributed by atoms with van der Waals surface area (Å²) in [6, 6.07) is 6.86. The van der Waals surface area contributed by atoms with Gasteiger partial charge in [0.15, 0.2) is 0 Å². The Balaban J connectivity index is 2.13. The summed E-state index contributed by atoms with van der Waals surface area (Å²) in [6.45, 7) is 2.95. The quantitative estimate of drug-likeness (QED) is 0.881. The van der Waals surface area contributed by atoms with Gasteiger partial charge < -0.3 is 5.32 Å². The van der Waals surface area contributed by atoms with Gasteiger partial charge in [-0.15, -0.1) is 11.3 Å². The lowest BCUT2D eigenvalue weighted by molar-refractivity contribution is 0.546. The third kappa shape index (κ3) is 3.35. The van der Waals surface area contributed by atoms with Gasteiger partial charge in [-0.1, -0.05) is 19.1 Å². The lowest BCUT2D eigenvalue weighted by Gasteiger charge is -2.17. The van der Waals surface area contributed by atoms with Crippen molar-refractivity contribution in [1.82, 2.24) is 10.3 Å². The molecular formula is C13H15FN2S. The summed E-state index contributed by atoms with van der Waals surface area (Å²) in [5.41, 5.74) is 1.10. The van der Waals surface area contributed by atoms with Crippen molar-refractivity contribution in [2.45, 2.75) is 19.4 Å². The molecule has 2 aromatic rings. The van der Waals surface area contributed by atoms with E-state index in [1.807, 2.05) is 23.7 Å². The van der Waals surface area contributed by atoms with Crippen LogP contribution in [0.3, 0.4) is 0 Å². The molecule has 4 heteroatoms. The maximum Gasteiger partial charge on any atom is 0.123 e. The standard InChI is InChI=1S/C13H15FN2S/c1-2-15-12(9-13-16-7-8-17-13)10-3-5-11(14)6-4-10/h3-8,12,15H,2,9H2,1H3. The molecule has 0 spiro atoms. The minimum atomic E-state index is -0.196. The smallest absolute Gasteiger partial charge is 0.123 e. The highest BCUT2D eigenvalue weighted by Crippen LogP contribution is 2.19. The molecule has 0 amide bonds. The largest absolute Gasteiger partial charge is 0.310 e. The van der Waals surface area contributed by atoms with Gasteiger partial charge in [0.05, 0.1) is 5.01 Å². The third-order valence-electron chi connectivity index (χ3n) is 2.59. The average Bonchev–Trinajstić information content (AvgIpc) is 2.82. The molecule has 1 aromatic heterocycles. The predicted octanol–water partition coefficient (Wildman–Crippen LogP) is 3.18. The van der Waals surface area contributed by atoms with Gasteiger partial charge >= 0.3 is 0 Å². The van der Waals surface area contributed by atoms with Crippen molar-refractivity contribution < 1.29 is 4.39 Å². The van der Waals surface area contributed by atoms with Crippen LogP contribution in [0.1, 0.15) is 23.5 Å². The van der Waals surface area contributed by atoms with Crippen molar-refractivity contribution in [3.05, 3.63) is 52.2 Å². The second kappa shape index (κ2) is 5.89. The van der Waals surface area contributed by atoms with Gasteiger partial charge in [-0.05, 0) is 24.2 Å². The first-order valence-corrected chi connectivity index (χ1v) is 6.54. The molecule has 0 fully saturated rings. The Labute approximate surface area is 105 Å². The van der Waals surface area contributed by atoms with E-state index in [9.17, 15) is 4.39 Å². The van der Waals surface area contributed by atoms with E-state index in [0.29, 0.717) is 0 Å². The van der Waals surface area contributed by atoms with Gasteiger partial charge in [-0.25, -0.2) is 9.37 Å². The molecule has 2 rings (SSSR count).